The largest absolute Gasteiger partial charge is 0.481 e. The van der Waals surface area contributed by atoms with Crippen LogP contribution >= 0.6 is 0 Å². The predicted molar refractivity (Wildman–Crippen MR) is 62.7 cm³/mol. The molecule has 0 aliphatic carbocycles. The van der Waals surface area contributed by atoms with Gasteiger partial charge >= 0.3 is 5.97 Å². The van der Waals surface area contributed by atoms with Gasteiger partial charge in [-0.3, -0.25) is 4.79 Å². The second-order valence-electron chi connectivity index (χ2n) is 4.59. The maximum atomic E-state index is 10.5. The summed E-state index contributed by atoms with van der Waals surface area (Å²) in [6, 6.07) is -0.209. The number of carboxylic acids is 1. The molecule has 3 heteroatoms. The van der Waals surface area contributed by atoms with Crippen LogP contribution in [-0.2, 0) is 4.79 Å². The molecule has 0 aliphatic heterocycles. The van der Waals surface area contributed by atoms with Gasteiger partial charge in [0.2, 0.25) is 0 Å². The van der Waals surface area contributed by atoms with Gasteiger partial charge in [0.1, 0.15) is 0 Å². The van der Waals surface area contributed by atoms with Crippen LogP contribution in [0.3, 0.4) is 0 Å². The molecule has 0 spiro atoms. The highest BCUT2D eigenvalue weighted by Crippen LogP contribution is 2.21. The molecule has 0 fully saturated rings. The molecule has 0 saturated heterocycles. The van der Waals surface area contributed by atoms with Crippen LogP contribution in [-0.4, -0.2) is 17.1 Å². The maximum Gasteiger partial charge on any atom is 0.304 e. The molecule has 0 aliphatic rings. The first-order valence-electron chi connectivity index (χ1n) is 5.96. The Balaban J connectivity index is 3.84. The van der Waals surface area contributed by atoms with Crippen LogP contribution < -0.4 is 5.73 Å². The molecule has 0 amide bonds. The van der Waals surface area contributed by atoms with Crippen molar-refractivity contribution < 1.29 is 9.90 Å². The van der Waals surface area contributed by atoms with E-state index >= 15 is 0 Å². The highest BCUT2D eigenvalue weighted by molar-refractivity contribution is 5.67. The quantitative estimate of drug-likeness (QED) is 0.612. The first kappa shape index (κ1) is 14.4. The van der Waals surface area contributed by atoms with Gasteiger partial charge in [-0.1, -0.05) is 46.5 Å². The van der Waals surface area contributed by atoms with Crippen molar-refractivity contribution in [3.05, 3.63) is 0 Å². The van der Waals surface area contributed by atoms with Crippen molar-refractivity contribution in [2.24, 2.45) is 17.6 Å². The molecule has 3 atom stereocenters. The minimum atomic E-state index is -0.796. The number of aliphatic carboxylic acids is 1. The minimum absolute atomic E-state index is 0.0826. The van der Waals surface area contributed by atoms with E-state index in [4.69, 9.17) is 10.8 Å². The van der Waals surface area contributed by atoms with Crippen LogP contribution in [0.15, 0.2) is 0 Å². The lowest BCUT2D eigenvalue weighted by Crippen LogP contribution is -2.34. The average molecular weight is 215 g/mol. The molecule has 0 radical (unpaired) electrons. The van der Waals surface area contributed by atoms with E-state index in [1.54, 1.807) is 0 Å². The standard InChI is InChI=1S/C12H25NO2/c1-4-5-6-7-9(2)10(3)11(13)8-12(14)15/h9-11H,4-8,13H2,1-3H3,(H,14,15)/t9-,10-,11-/m1/s1. The molecule has 0 bridgehead atoms. The van der Waals surface area contributed by atoms with Crippen molar-refractivity contribution in [3.8, 4) is 0 Å². The SMILES string of the molecule is CCCCC[C@@H](C)[C@@H](C)[C@H](N)CC(=O)O. The smallest absolute Gasteiger partial charge is 0.304 e. The van der Waals surface area contributed by atoms with Crippen LogP contribution in [0.4, 0.5) is 0 Å². The van der Waals surface area contributed by atoms with Crippen molar-refractivity contribution in [3.63, 3.8) is 0 Å². The zero-order valence-corrected chi connectivity index (χ0v) is 10.2. The summed E-state index contributed by atoms with van der Waals surface area (Å²) in [7, 11) is 0. The Bertz CT molecular complexity index is 182. The predicted octanol–water partition coefficient (Wildman–Crippen LogP) is 2.64. The van der Waals surface area contributed by atoms with Gasteiger partial charge in [-0.05, 0) is 11.8 Å². The lowest BCUT2D eigenvalue weighted by Gasteiger charge is -2.24. The Morgan fingerprint density at radius 3 is 2.40 bits per heavy atom. The van der Waals surface area contributed by atoms with Gasteiger partial charge < -0.3 is 10.8 Å². The normalized spacial score (nSPS) is 17.1. The Morgan fingerprint density at radius 2 is 1.93 bits per heavy atom. The average Bonchev–Trinajstić information content (AvgIpc) is 2.15. The third-order valence-electron chi connectivity index (χ3n) is 3.25. The second kappa shape index (κ2) is 7.69. The first-order chi connectivity index (χ1) is 6.99. The van der Waals surface area contributed by atoms with E-state index in [2.05, 4.69) is 20.8 Å². The van der Waals surface area contributed by atoms with Crippen LogP contribution in [0.25, 0.3) is 0 Å². The zero-order chi connectivity index (χ0) is 11.8. The summed E-state index contributed by atoms with van der Waals surface area (Å²) < 4.78 is 0. The van der Waals surface area contributed by atoms with Crippen LogP contribution in [0, 0.1) is 11.8 Å². The number of hydrogen-bond donors (Lipinski definition) is 2. The number of carbonyl (C=O) groups is 1. The Hall–Kier alpha value is -0.570. The van der Waals surface area contributed by atoms with Crippen molar-refractivity contribution in [1.82, 2.24) is 0 Å². The molecule has 3 N–H and O–H groups in total. The lowest BCUT2D eigenvalue weighted by molar-refractivity contribution is -0.137. The van der Waals surface area contributed by atoms with Crippen molar-refractivity contribution in [2.45, 2.75) is 58.9 Å². The van der Waals surface area contributed by atoms with Gasteiger partial charge in [0.15, 0.2) is 0 Å². The van der Waals surface area contributed by atoms with Crippen LogP contribution in [0.5, 0.6) is 0 Å². The van der Waals surface area contributed by atoms with Gasteiger partial charge in [0.05, 0.1) is 6.42 Å². The monoisotopic (exact) mass is 215 g/mol. The molecule has 90 valence electrons. The summed E-state index contributed by atoms with van der Waals surface area (Å²) in [6.45, 7) is 6.41. The number of carboxylic acid groups (broad SMARTS) is 1. The maximum absolute atomic E-state index is 10.5. The van der Waals surface area contributed by atoms with Gasteiger partial charge in [-0.15, -0.1) is 0 Å². The summed E-state index contributed by atoms with van der Waals surface area (Å²) in [6.07, 6.45) is 4.94. The number of hydrogen-bond acceptors (Lipinski definition) is 2. The highest BCUT2D eigenvalue weighted by atomic mass is 16.4. The van der Waals surface area contributed by atoms with Gasteiger partial charge in [-0.25, -0.2) is 0 Å². The fraction of sp³-hybridized carbons (Fsp3) is 0.917. The van der Waals surface area contributed by atoms with E-state index < -0.39 is 5.97 Å². The molecule has 0 saturated carbocycles. The molecule has 0 heterocycles. The number of unbranched alkanes of at least 4 members (excludes halogenated alkanes) is 2. The molecular weight excluding hydrogens is 190 g/mol. The zero-order valence-electron chi connectivity index (χ0n) is 10.2. The van der Waals surface area contributed by atoms with Gasteiger partial charge in [0, 0.05) is 6.04 Å². The highest BCUT2D eigenvalue weighted by Gasteiger charge is 2.21. The summed E-state index contributed by atoms with van der Waals surface area (Å²) in [5.41, 5.74) is 5.84. The van der Waals surface area contributed by atoms with E-state index in [0.717, 1.165) is 6.42 Å². The Morgan fingerprint density at radius 1 is 1.33 bits per heavy atom. The van der Waals surface area contributed by atoms with Gasteiger partial charge in [0.25, 0.3) is 0 Å². The van der Waals surface area contributed by atoms with Crippen molar-refractivity contribution >= 4 is 5.97 Å². The van der Waals surface area contributed by atoms with Crippen molar-refractivity contribution in [1.29, 1.82) is 0 Å². The lowest BCUT2D eigenvalue weighted by atomic mass is 9.84. The Kier molecular flexibility index (Phi) is 7.39. The van der Waals surface area contributed by atoms with E-state index in [9.17, 15) is 4.79 Å². The van der Waals surface area contributed by atoms with Gasteiger partial charge in [-0.2, -0.15) is 0 Å². The summed E-state index contributed by atoms with van der Waals surface area (Å²) in [4.78, 5) is 10.5. The molecule has 0 aromatic carbocycles. The van der Waals surface area contributed by atoms with E-state index in [-0.39, 0.29) is 18.4 Å². The van der Waals surface area contributed by atoms with E-state index in [1.807, 2.05) is 0 Å². The molecular formula is C12H25NO2. The third-order valence-corrected chi connectivity index (χ3v) is 3.25. The minimum Gasteiger partial charge on any atom is -0.481 e. The van der Waals surface area contributed by atoms with E-state index in [0.29, 0.717) is 5.92 Å². The summed E-state index contributed by atoms with van der Waals surface area (Å²) >= 11 is 0. The molecule has 0 rings (SSSR count). The number of nitrogens with two attached hydrogens (primary N) is 1. The number of rotatable bonds is 8. The third kappa shape index (κ3) is 6.50. The molecule has 0 aromatic rings. The molecule has 3 nitrogen and oxygen atoms in total. The molecule has 0 aromatic heterocycles. The van der Waals surface area contributed by atoms with E-state index in [1.165, 1.54) is 19.3 Å². The fourth-order valence-electron chi connectivity index (χ4n) is 1.79. The fourth-order valence-corrected chi connectivity index (χ4v) is 1.79. The summed E-state index contributed by atoms with van der Waals surface area (Å²) in [5, 5.41) is 8.65. The first-order valence-corrected chi connectivity index (χ1v) is 5.96. The Labute approximate surface area is 93.0 Å². The van der Waals surface area contributed by atoms with Crippen LogP contribution in [0.2, 0.25) is 0 Å². The van der Waals surface area contributed by atoms with Crippen molar-refractivity contribution in [2.75, 3.05) is 0 Å². The molecule has 15 heavy (non-hydrogen) atoms. The summed E-state index contributed by atoms with van der Waals surface area (Å²) in [5.74, 6) is 0.0129. The van der Waals surface area contributed by atoms with Crippen LogP contribution in [0.1, 0.15) is 52.9 Å². The second-order valence-corrected chi connectivity index (χ2v) is 4.59. The molecule has 0 unspecified atom stereocenters. The topological polar surface area (TPSA) is 63.3 Å².